The van der Waals surface area contributed by atoms with Gasteiger partial charge in [-0.1, -0.05) is 0 Å². The molecule has 0 aliphatic carbocycles. The van der Waals surface area contributed by atoms with E-state index in [1.807, 2.05) is 6.92 Å². The van der Waals surface area contributed by atoms with Gasteiger partial charge in [-0.2, -0.15) is 5.10 Å². The molecule has 0 saturated carbocycles. The Labute approximate surface area is 122 Å². The maximum Gasteiger partial charge on any atom is 0.269 e. The summed E-state index contributed by atoms with van der Waals surface area (Å²) >= 11 is 0. The van der Waals surface area contributed by atoms with E-state index in [1.54, 1.807) is 31.6 Å². The summed E-state index contributed by atoms with van der Waals surface area (Å²) in [5, 5.41) is 6.92. The number of amides is 1. The number of aryl methyl sites for hydroxylation is 2. The van der Waals surface area contributed by atoms with Gasteiger partial charge in [-0.05, 0) is 45.0 Å². The molecule has 0 aliphatic heterocycles. The standard InChI is InChI=1S/C15H18FN3O2/c1-10-9-13(19(4)18-10)17-14(20)15(2,3)21-12-7-5-11(16)6-8-12/h5-9H,1-4H3,(H,17,20). The molecule has 0 spiro atoms. The van der Waals surface area contributed by atoms with Crippen molar-refractivity contribution < 1.29 is 13.9 Å². The molecule has 2 aromatic rings. The van der Waals surface area contributed by atoms with E-state index < -0.39 is 5.60 Å². The monoisotopic (exact) mass is 291 g/mol. The van der Waals surface area contributed by atoms with Crippen LogP contribution in [0.4, 0.5) is 10.2 Å². The molecule has 0 bridgehead atoms. The third-order valence-electron chi connectivity index (χ3n) is 2.98. The maximum atomic E-state index is 12.9. The third kappa shape index (κ3) is 3.59. The van der Waals surface area contributed by atoms with Gasteiger partial charge in [-0.3, -0.25) is 9.48 Å². The minimum atomic E-state index is -1.10. The van der Waals surface area contributed by atoms with Crippen LogP contribution >= 0.6 is 0 Å². The van der Waals surface area contributed by atoms with Crippen LogP contribution in [-0.4, -0.2) is 21.3 Å². The predicted molar refractivity (Wildman–Crippen MR) is 77.7 cm³/mol. The van der Waals surface area contributed by atoms with E-state index in [-0.39, 0.29) is 11.7 Å². The molecule has 2 rings (SSSR count). The van der Waals surface area contributed by atoms with E-state index in [2.05, 4.69) is 10.4 Å². The average Bonchev–Trinajstić information content (AvgIpc) is 2.70. The molecular weight excluding hydrogens is 273 g/mol. The quantitative estimate of drug-likeness (QED) is 0.942. The third-order valence-corrected chi connectivity index (χ3v) is 2.98. The number of hydrogen-bond donors (Lipinski definition) is 1. The van der Waals surface area contributed by atoms with Crippen molar-refractivity contribution in [1.29, 1.82) is 0 Å². The van der Waals surface area contributed by atoms with Crippen LogP contribution in [0.2, 0.25) is 0 Å². The van der Waals surface area contributed by atoms with Gasteiger partial charge < -0.3 is 10.1 Å². The number of nitrogens with zero attached hydrogens (tertiary/aromatic N) is 2. The van der Waals surface area contributed by atoms with Gasteiger partial charge in [0, 0.05) is 13.1 Å². The minimum Gasteiger partial charge on any atom is -0.478 e. The second kappa shape index (κ2) is 5.55. The first-order valence-corrected chi connectivity index (χ1v) is 6.54. The lowest BCUT2D eigenvalue weighted by molar-refractivity contribution is -0.128. The number of aromatic nitrogens is 2. The van der Waals surface area contributed by atoms with Crippen molar-refractivity contribution in [2.24, 2.45) is 7.05 Å². The summed E-state index contributed by atoms with van der Waals surface area (Å²) in [6, 6.07) is 7.31. The highest BCUT2D eigenvalue weighted by Crippen LogP contribution is 2.20. The molecule has 21 heavy (non-hydrogen) atoms. The molecule has 0 fully saturated rings. The molecule has 0 radical (unpaired) electrons. The number of anilines is 1. The van der Waals surface area contributed by atoms with Crippen molar-refractivity contribution in [3.05, 3.63) is 41.8 Å². The van der Waals surface area contributed by atoms with Gasteiger partial charge >= 0.3 is 0 Å². The molecule has 5 nitrogen and oxygen atoms in total. The van der Waals surface area contributed by atoms with Crippen molar-refractivity contribution in [2.45, 2.75) is 26.4 Å². The zero-order valence-corrected chi connectivity index (χ0v) is 12.5. The SMILES string of the molecule is Cc1cc(NC(=O)C(C)(C)Oc2ccc(F)cc2)n(C)n1. The number of benzene rings is 1. The molecule has 0 unspecified atom stereocenters. The van der Waals surface area contributed by atoms with E-state index in [4.69, 9.17) is 4.74 Å². The fourth-order valence-electron chi connectivity index (χ4n) is 1.84. The molecule has 0 saturated heterocycles. The molecule has 6 heteroatoms. The Balaban J connectivity index is 2.09. The first kappa shape index (κ1) is 15.0. The molecule has 1 amide bonds. The van der Waals surface area contributed by atoms with E-state index in [0.717, 1.165) is 5.69 Å². The summed E-state index contributed by atoms with van der Waals surface area (Å²) in [5.74, 6) is 0.357. The summed E-state index contributed by atoms with van der Waals surface area (Å²) in [5.41, 5.74) is -0.291. The lowest BCUT2D eigenvalue weighted by Crippen LogP contribution is -2.42. The Morgan fingerprint density at radius 1 is 1.33 bits per heavy atom. The number of ether oxygens (including phenoxy) is 1. The molecule has 1 aromatic heterocycles. The van der Waals surface area contributed by atoms with Gasteiger partial charge in [-0.25, -0.2) is 4.39 Å². The highest BCUT2D eigenvalue weighted by molar-refractivity contribution is 5.96. The lowest BCUT2D eigenvalue weighted by Gasteiger charge is -2.25. The fourth-order valence-corrected chi connectivity index (χ4v) is 1.84. The van der Waals surface area contributed by atoms with Crippen molar-refractivity contribution in [3.63, 3.8) is 0 Å². The van der Waals surface area contributed by atoms with Gasteiger partial charge in [0.05, 0.1) is 5.69 Å². The first-order chi connectivity index (χ1) is 9.78. The van der Waals surface area contributed by atoms with Crippen LogP contribution in [0.15, 0.2) is 30.3 Å². The molecule has 0 atom stereocenters. The zero-order valence-electron chi connectivity index (χ0n) is 12.5. The van der Waals surface area contributed by atoms with Crippen LogP contribution in [0.25, 0.3) is 0 Å². The Hall–Kier alpha value is -2.37. The molecule has 112 valence electrons. The number of halogens is 1. The van der Waals surface area contributed by atoms with E-state index in [0.29, 0.717) is 11.6 Å². The van der Waals surface area contributed by atoms with Gasteiger partial charge in [0.25, 0.3) is 5.91 Å². The topological polar surface area (TPSA) is 56.1 Å². The summed E-state index contributed by atoms with van der Waals surface area (Å²) in [6.07, 6.45) is 0. The van der Waals surface area contributed by atoms with Crippen LogP contribution in [0.5, 0.6) is 5.75 Å². The van der Waals surface area contributed by atoms with Crippen molar-refractivity contribution in [2.75, 3.05) is 5.32 Å². The van der Waals surface area contributed by atoms with Crippen LogP contribution in [0.1, 0.15) is 19.5 Å². The van der Waals surface area contributed by atoms with Gasteiger partial charge in [0.2, 0.25) is 0 Å². The Morgan fingerprint density at radius 2 is 1.95 bits per heavy atom. The average molecular weight is 291 g/mol. The molecule has 1 aromatic carbocycles. The molecule has 1 N–H and O–H groups in total. The van der Waals surface area contributed by atoms with Crippen molar-refractivity contribution >= 4 is 11.7 Å². The van der Waals surface area contributed by atoms with Crippen molar-refractivity contribution in [3.8, 4) is 5.75 Å². The van der Waals surface area contributed by atoms with Crippen LogP contribution < -0.4 is 10.1 Å². The summed E-state index contributed by atoms with van der Waals surface area (Å²) < 4.78 is 20.1. The smallest absolute Gasteiger partial charge is 0.269 e. The largest absolute Gasteiger partial charge is 0.478 e. The highest BCUT2D eigenvalue weighted by Gasteiger charge is 2.30. The Bertz CT molecular complexity index is 647. The maximum absolute atomic E-state index is 12.9. The number of carbonyl (C=O) groups is 1. The fraction of sp³-hybridized carbons (Fsp3) is 0.333. The second-order valence-corrected chi connectivity index (χ2v) is 5.31. The lowest BCUT2D eigenvalue weighted by atomic mass is 10.1. The Kier molecular flexibility index (Phi) is 3.97. The van der Waals surface area contributed by atoms with Gasteiger partial charge in [0.1, 0.15) is 17.4 Å². The van der Waals surface area contributed by atoms with E-state index >= 15 is 0 Å². The van der Waals surface area contributed by atoms with E-state index in [9.17, 15) is 9.18 Å². The minimum absolute atomic E-state index is 0.310. The second-order valence-electron chi connectivity index (χ2n) is 5.31. The van der Waals surface area contributed by atoms with Gasteiger partial charge in [0.15, 0.2) is 5.60 Å². The van der Waals surface area contributed by atoms with Crippen LogP contribution in [-0.2, 0) is 11.8 Å². The number of nitrogens with one attached hydrogen (secondary N) is 1. The first-order valence-electron chi connectivity index (χ1n) is 6.54. The zero-order chi connectivity index (χ0) is 15.6. The number of carbonyl (C=O) groups excluding carboxylic acids is 1. The molecule has 0 aliphatic rings. The molecular formula is C15H18FN3O2. The predicted octanol–water partition coefficient (Wildman–Crippen LogP) is 2.66. The summed E-state index contributed by atoms with van der Waals surface area (Å²) in [4.78, 5) is 12.3. The summed E-state index contributed by atoms with van der Waals surface area (Å²) in [7, 11) is 1.75. The van der Waals surface area contributed by atoms with Crippen LogP contribution in [0.3, 0.4) is 0 Å². The highest BCUT2D eigenvalue weighted by atomic mass is 19.1. The summed E-state index contributed by atoms with van der Waals surface area (Å²) in [6.45, 7) is 5.14. The number of hydrogen-bond acceptors (Lipinski definition) is 3. The van der Waals surface area contributed by atoms with E-state index in [1.165, 1.54) is 24.3 Å². The molecule has 1 heterocycles. The normalized spacial score (nSPS) is 11.3. The van der Waals surface area contributed by atoms with Crippen molar-refractivity contribution in [1.82, 2.24) is 9.78 Å². The van der Waals surface area contributed by atoms with Crippen LogP contribution in [0, 0.1) is 12.7 Å². The Morgan fingerprint density at radius 3 is 2.48 bits per heavy atom. The van der Waals surface area contributed by atoms with Gasteiger partial charge in [-0.15, -0.1) is 0 Å². The number of rotatable bonds is 4.